The number of urea groups is 1. The fourth-order valence-electron chi connectivity index (χ4n) is 3.04. The first kappa shape index (κ1) is 21.4. The first-order valence-corrected chi connectivity index (χ1v) is 9.16. The second-order valence-electron chi connectivity index (χ2n) is 6.61. The van der Waals surface area contributed by atoms with Gasteiger partial charge in [0.1, 0.15) is 0 Å². The SMILES string of the molecule is CCCOc1c(OC)cc(C2NC(=O)NC(C(C)C)=C2C(=O)OC)cc1OC. The van der Waals surface area contributed by atoms with Gasteiger partial charge in [-0.15, -0.1) is 0 Å². The predicted octanol–water partition coefficient (Wildman–Crippen LogP) is 2.93. The molecule has 8 heteroatoms. The average Bonchev–Trinajstić information content (AvgIpc) is 2.70. The molecule has 2 rings (SSSR count). The van der Waals surface area contributed by atoms with Crippen LogP contribution < -0.4 is 24.8 Å². The van der Waals surface area contributed by atoms with E-state index >= 15 is 0 Å². The zero-order valence-electron chi connectivity index (χ0n) is 17.2. The maximum absolute atomic E-state index is 12.5. The number of carbonyl (C=O) groups excluding carboxylic acids is 2. The van der Waals surface area contributed by atoms with Crippen LogP contribution in [0, 0.1) is 5.92 Å². The summed E-state index contributed by atoms with van der Waals surface area (Å²) in [5.41, 5.74) is 1.47. The molecule has 1 aliphatic rings. The average molecular weight is 392 g/mol. The van der Waals surface area contributed by atoms with E-state index in [0.717, 1.165) is 6.42 Å². The molecule has 2 amide bonds. The van der Waals surface area contributed by atoms with Gasteiger partial charge in [0.15, 0.2) is 11.5 Å². The summed E-state index contributed by atoms with van der Waals surface area (Å²) in [6.07, 6.45) is 0.825. The first-order valence-electron chi connectivity index (χ1n) is 9.16. The highest BCUT2D eigenvalue weighted by atomic mass is 16.5. The van der Waals surface area contributed by atoms with E-state index in [2.05, 4.69) is 10.6 Å². The van der Waals surface area contributed by atoms with Gasteiger partial charge in [-0.2, -0.15) is 0 Å². The second kappa shape index (κ2) is 9.34. The van der Waals surface area contributed by atoms with Crippen LogP contribution in [-0.2, 0) is 9.53 Å². The molecule has 1 aliphatic heterocycles. The third kappa shape index (κ3) is 4.32. The van der Waals surface area contributed by atoms with Crippen molar-refractivity contribution in [2.75, 3.05) is 27.9 Å². The van der Waals surface area contributed by atoms with Gasteiger partial charge in [-0.05, 0) is 30.0 Å². The van der Waals surface area contributed by atoms with Crippen LogP contribution in [0.25, 0.3) is 0 Å². The normalized spacial score (nSPS) is 16.4. The molecular formula is C20H28N2O6. The lowest BCUT2D eigenvalue weighted by Gasteiger charge is -2.31. The summed E-state index contributed by atoms with van der Waals surface area (Å²) in [4.78, 5) is 24.8. The van der Waals surface area contributed by atoms with E-state index < -0.39 is 18.0 Å². The van der Waals surface area contributed by atoms with E-state index in [1.54, 1.807) is 12.1 Å². The molecule has 0 spiro atoms. The number of nitrogens with one attached hydrogen (secondary N) is 2. The number of esters is 1. The molecule has 154 valence electrons. The molecule has 0 aromatic heterocycles. The van der Waals surface area contributed by atoms with E-state index in [4.69, 9.17) is 18.9 Å². The van der Waals surface area contributed by atoms with Crippen molar-refractivity contribution >= 4 is 12.0 Å². The Morgan fingerprint density at radius 2 is 1.75 bits per heavy atom. The number of allylic oxidation sites excluding steroid dienone is 1. The van der Waals surface area contributed by atoms with Crippen molar-refractivity contribution in [1.82, 2.24) is 10.6 Å². The molecule has 0 saturated carbocycles. The number of rotatable bonds is 8. The number of carbonyl (C=O) groups is 2. The Labute approximate surface area is 165 Å². The third-order valence-electron chi connectivity index (χ3n) is 4.35. The van der Waals surface area contributed by atoms with Gasteiger partial charge in [-0.1, -0.05) is 20.8 Å². The van der Waals surface area contributed by atoms with E-state index in [-0.39, 0.29) is 5.92 Å². The van der Waals surface area contributed by atoms with Crippen molar-refractivity contribution in [2.24, 2.45) is 5.92 Å². The lowest BCUT2D eigenvalue weighted by atomic mass is 9.91. The predicted molar refractivity (Wildman–Crippen MR) is 104 cm³/mol. The van der Waals surface area contributed by atoms with E-state index in [1.807, 2.05) is 20.8 Å². The van der Waals surface area contributed by atoms with Gasteiger partial charge in [0.05, 0.1) is 39.6 Å². The van der Waals surface area contributed by atoms with Gasteiger partial charge in [0, 0.05) is 5.70 Å². The van der Waals surface area contributed by atoms with E-state index in [0.29, 0.717) is 40.7 Å². The third-order valence-corrected chi connectivity index (χ3v) is 4.35. The van der Waals surface area contributed by atoms with Gasteiger partial charge in [0.2, 0.25) is 5.75 Å². The van der Waals surface area contributed by atoms with Crippen molar-refractivity contribution in [3.63, 3.8) is 0 Å². The molecule has 0 fully saturated rings. The quantitative estimate of drug-likeness (QED) is 0.661. The molecular weight excluding hydrogens is 364 g/mol. The summed E-state index contributed by atoms with van der Waals surface area (Å²) in [5.74, 6) is 0.768. The van der Waals surface area contributed by atoms with Crippen molar-refractivity contribution < 1.29 is 28.5 Å². The molecule has 1 aromatic rings. The lowest BCUT2D eigenvalue weighted by Crippen LogP contribution is -2.47. The molecule has 0 bridgehead atoms. The molecule has 1 unspecified atom stereocenters. The zero-order valence-corrected chi connectivity index (χ0v) is 17.2. The van der Waals surface area contributed by atoms with Crippen LogP contribution in [0.5, 0.6) is 17.2 Å². The Bertz CT molecular complexity index is 747. The number of ether oxygens (including phenoxy) is 4. The molecule has 2 N–H and O–H groups in total. The summed E-state index contributed by atoms with van der Waals surface area (Å²) >= 11 is 0. The Balaban J connectivity index is 2.64. The van der Waals surface area contributed by atoms with Gasteiger partial charge in [-0.25, -0.2) is 9.59 Å². The van der Waals surface area contributed by atoms with Gasteiger partial charge >= 0.3 is 12.0 Å². The first-order chi connectivity index (χ1) is 13.4. The van der Waals surface area contributed by atoms with Gasteiger partial charge in [-0.3, -0.25) is 0 Å². The van der Waals surface area contributed by atoms with Crippen molar-refractivity contribution in [2.45, 2.75) is 33.2 Å². The topological polar surface area (TPSA) is 95.1 Å². The Morgan fingerprint density at radius 3 is 2.21 bits per heavy atom. The Kier molecular flexibility index (Phi) is 7.14. The van der Waals surface area contributed by atoms with Crippen molar-refractivity contribution in [3.8, 4) is 17.2 Å². The second-order valence-corrected chi connectivity index (χ2v) is 6.61. The highest BCUT2D eigenvalue weighted by molar-refractivity contribution is 5.95. The van der Waals surface area contributed by atoms with Crippen LogP contribution in [0.1, 0.15) is 38.8 Å². The fourth-order valence-corrected chi connectivity index (χ4v) is 3.04. The van der Waals surface area contributed by atoms with Gasteiger partial charge in [0.25, 0.3) is 0 Å². The summed E-state index contributed by atoms with van der Waals surface area (Å²) in [6, 6.07) is 2.34. The smallest absolute Gasteiger partial charge is 0.337 e. The molecule has 0 saturated heterocycles. The largest absolute Gasteiger partial charge is 0.493 e. The maximum Gasteiger partial charge on any atom is 0.337 e. The molecule has 1 aromatic carbocycles. The molecule has 0 radical (unpaired) electrons. The minimum absolute atomic E-state index is 0.0846. The van der Waals surface area contributed by atoms with Crippen LogP contribution in [0.3, 0.4) is 0 Å². The number of methoxy groups -OCH3 is 3. The van der Waals surface area contributed by atoms with Crippen LogP contribution >= 0.6 is 0 Å². The number of benzene rings is 1. The highest BCUT2D eigenvalue weighted by Gasteiger charge is 2.35. The van der Waals surface area contributed by atoms with Crippen molar-refractivity contribution in [1.29, 1.82) is 0 Å². The highest BCUT2D eigenvalue weighted by Crippen LogP contribution is 2.42. The van der Waals surface area contributed by atoms with Crippen LogP contribution in [-0.4, -0.2) is 39.9 Å². The zero-order chi connectivity index (χ0) is 20.8. The summed E-state index contributed by atoms with van der Waals surface area (Å²) < 4.78 is 21.7. The van der Waals surface area contributed by atoms with Crippen molar-refractivity contribution in [3.05, 3.63) is 29.0 Å². The minimum atomic E-state index is -0.721. The Hall–Kier alpha value is -2.90. The Morgan fingerprint density at radius 1 is 1.14 bits per heavy atom. The number of hydrogen-bond acceptors (Lipinski definition) is 6. The molecule has 1 heterocycles. The van der Waals surface area contributed by atoms with Crippen LogP contribution in [0.15, 0.2) is 23.4 Å². The molecule has 1 atom stereocenters. The minimum Gasteiger partial charge on any atom is -0.493 e. The van der Waals surface area contributed by atoms with Gasteiger partial charge < -0.3 is 29.6 Å². The number of amides is 2. The van der Waals surface area contributed by atoms with Crippen LogP contribution in [0.2, 0.25) is 0 Å². The van der Waals surface area contributed by atoms with E-state index in [9.17, 15) is 9.59 Å². The lowest BCUT2D eigenvalue weighted by molar-refractivity contribution is -0.136. The maximum atomic E-state index is 12.5. The van der Waals surface area contributed by atoms with Crippen LogP contribution in [0.4, 0.5) is 4.79 Å². The fraction of sp³-hybridized carbons (Fsp3) is 0.500. The summed E-state index contributed by atoms with van der Waals surface area (Å²) in [6.45, 7) is 6.29. The molecule has 0 aliphatic carbocycles. The summed E-state index contributed by atoms with van der Waals surface area (Å²) in [5, 5.41) is 5.51. The standard InChI is InChI=1S/C20H28N2O6/c1-7-8-28-18-13(25-4)9-12(10-14(18)26-5)17-15(19(23)27-6)16(11(2)3)21-20(24)22-17/h9-11,17H,7-8H2,1-6H3,(H2,21,22,24). The van der Waals surface area contributed by atoms with E-state index in [1.165, 1.54) is 21.3 Å². The number of hydrogen-bond donors (Lipinski definition) is 2. The summed E-state index contributed by atoms with van der Waals surface area (Å²) in [7, 11) is 4.35. The monoisotopic (exact) mass is 392 g/mol. The molecule has 28 heavy (non-hydrogen) atoms. The molecule has 8 nitrogen and oxygen atoms in total.